The Labute approximate surface area is 182 Å². The number of hydrogen-bond donors (Lipinski definition) is 1. The molecule has 0 aliphatic rings. The molecule has 0 saturated carbocycles. The number of para-hydroxylation sites is 2. The molecule has 0 fully saturated rings. The number of unbranched alkanes of at least 4 members (excludes halogenated alkanes) is 1. The van der Waals surface area contributed by atoms with Gasteiger partial charge in [0.05, 0.1) is 19.4 Å². The lowest BCUT2D eigenvalue weighted by Gasteiger charge is -2.12. The smallest absolute Gasteiger partial charge is 0.358 e. The zero-order valence-corrected chi connectivity index (χ0v) is 18.1. The molecule has 1 heterocycles. The largest absolute Gasteiger partial charge is 0.494 e. The van der Waals surface area contributed by atoms with Crippen LogP contribution in [-0.2, 0) is 9.53 Å². The summed E-state index contributed by atoms with van der Waals surface area (Å²) in [6, 6.07) is 16.6. The molecule has 1 N–H and O–H groups in total. The Morgan fingerprint density at radius 2 is 1.87 bits per heavy atom. The van der Waals surface area contributed by atoms with Crippen LogP contribution in [0.5, 0.6) is 5.75 Å². The van der Waals surface area contributed by atoms with E-state index in [-0.39, 0.29) is 18.2 Å². The first-order valence-corrected chi connectivity index (χ1v) is 10.4. The molecule has 0 unspecified atom stereocenters. The normalized spacial score (nSPS) is 10.5. The number of methoxy groups -OCH3 is 1. The van der Waals surface area contributed by atoms with Crippen molar-refractivity contribution in [1.29, 1.82) is 0 Å². The summed E-state index contributed by atoms with van der Waals surface area (Å²) in [6.07, 6.45) is 2.28. The number of hydrogen-bond acceptors (Lipinski definition) is 5. The lowest BCUT2D eigenvalue weighted by molar-refractivity contribution is -0.116. The van der Waals surface area contributed by atoms with Crippen molar-refractivity contribution in [2.75, 3.05) is 19.0 Å². The summed E-state index contributed by atoms with van der Waals surface area (Å²) in [5.41, 5.74) is 3.04. The molecule has 0 aliphatic heterocycles. The van der Waals surface area contributed by atoms with Crippen molar-refractivity contribution in [3.05, 3.63) is 60.3 Å². The van der Waals surface area contributed by atoms with Gasteiger partial charge in [0.1, 0.15) is 11.4 Å². The summed E-state index contributed by atoms with van der Waals surface area (Å²) in [6.45, 7) is 4.06. The van der Waals surface area contributed by atoms with E-state index in [1.807, 2.05) is 55.5 Å². The number of nitrogens with one attached hydrogen (secondary N) is 1. The molecule has 31 heavy (non-hydrogen) atoms. The molecule has 0 bridgehead atoms. The van der Waals surface area contributed by atoms with E-state index in [1.54, 1.807) is 24.8 Å². The van der Waals surface area contributed by atoms with Gasteiger partial charge >= 0.3 is 5.97 Å². The van der Waals surface area contributed by atoms with Gasteiger partial charge in [-0.05, 0) is 43.7 Å². The third-order valence-electron chi connectivity index (χ3n) is 4.71. The summed E-state index contributed by atoms with van der Waals surface area (Å²) in [5.74, 6) is 0.0946. The van der Waals surface area contributed by atoms with Crippen molar-refractivity contribution in [2.45, 2.75) is 33.1 Å². The quantitative estimate of drug-likeness (QED) is 0.499. The first kappa shape index (κ1) is 22.1. The molecule has 1 amide bonds. The highest BCUT2D eigenvalue weighted by Gasteiger charge is 2.19. The number of ether oxygens (including phenoxy) is 2. The topological polar surface area (TPSA) is 82.5 Å². The van der Waals surface area contributed by atoms with Gasteiger partial charge in [-0.1, -0.05) is 37.6 Å². The van der Waals surface area contributed by atoms with Gasteiger partial charge in [-0.25, -0.2) is 9.48 Å². The molecule has 7 heteroatoms. The molecular weight excluding hydrogens is 394 g/mol. The van der Waals surface area contributed by atoms with Gasteiger partial charge < -0.3 is 14.8 Å². The lowest BCUT2D eigenvalue weighted by Crippen LogP contribution is -2.11. The second-order valence-electron chi connectivity index (χ2n) is 6.95. The van der Waals surface area contributed by atoms with Crippen LogP contribution in [0, 0.1) is 0 Å². The fraction of sp³-hybridized carbons (Fsp3) is 0.292. The Kier molecular flexibility index (Phi) is 7.43. The van der Waals surface area contributed by atoms with Crippen LogP contribution in [0.15, 0.2) is 54.6 Å². The van der Waals surface area contributed by atoms with E-state index in [1.165, 1.54) is 0 Å². The summed E-state index contributed by atoms with van der Waals surface area (Å²) in [4.78, 5) is 24.5. The average molecular weight is 421 g/mol. The van der Waals surface area contributed by atoms with Crippen LogP contribution in [0.3, 0.4) is 0 Å². The maximum Gasteiger partial charge on any atom is 0.358 e. The highest BCUT2D eigenvalue weighted by atomic mass is 16.5. The zero-order chi connectivity index (χ0) is 22.2. The van der Waals surface area contributed by atoms with E-state index in [4.69, 9.17) is 9.47 Å². The van der Waals surface area contributed by atoms with Crippen molar-refractivity contribution in [2.24, 2.45) is 0 Å². The van der Waals surface area contributed by atoms with Crippen LogP contribution in [0.2, 0.25) is 0 Å². The number of rotatable bonds is 9. The number of carbonyl (C=O) groups is 2. The molecule has 162 valence electrons. The number of carbonyl (C=O) groups excluding carboxylic acids is 2. The molecule has 0 atom stereocenters. The SMILES string of the molecule is CCCCC(=O)Nc1cccc(-c2cc(C(=O)OCC)nn2-c2ccccc2OC)c1. The second-order valence-corrected chi connectivity index (χ2v) is 6.95. The maximum absolute atomic E-state index is 12.4. The molecule has 1 aromatic heterocycles. The standard InChI is InChI=1S/C24H27N3O4/c1-4-6-14-23(28)25-18-11-9-10-17(15-18)21-16-19(24(29)31-5-2)26-27(21)20-12-7-8-13-22(20)30-3/h7-13,15-16H,4-6,14H2,1-3H3,(H,25,28). The molecule has 0 radical (unpaired) electrons. The third-order valence-corrected chi connectivity index (χ3v) is 4.71. The molecular formula is C24H27N3O4. The van der Waals surface area contributed by atoms with Crippen LogP contribution in [0.1, 0.15) is 43.6 Å². The fourth-order valence-electron chi connectivity index (χ4n) is 3.20. The van der Waals surface area contributed by atoms with E-state index < -0.39 is 5.97 Å². The van der Waals surface area contributed by atoms with Gasteiger partial charge in [0, 0.05) is 17.7 Å². The summed E-state index contributed by atoms with van der Waals surface area (Å²) in [7, 11) is 1.58. The van der Waals surface area contributed by atoms with Crippen molar-refractivity contribution in [3.63, 3.8) is 0 Å². The number of anilines is 1. The average Bonchev–Trinajstić information content (AvgIpc) is 3.23. The molecule has 3 rings (SSSR count). The molecule has 7 nitrogen and oxygen atoms in total. The Morgan fingerprint density at radius 1 is 1.06 bits per heavy atom. The van der Waals surface area contributed by atoms with Crippen molar-refractivity contribution in [3.8, 4) is 22.7 Å². The summed E-state index contributed by atoms with van der Waals surface area (Å²) in [5, 5.41) is 7.42. The number of benzene rings is 2. The van der Waals surface area contributed by atoms with Gasteiger partial charge in [0.15, 0.2) is 5.69 Å². The minimum absolute atomic E-state index is 0.0237. The minimum Gasteiger partial charge on any atom is -0.494 e. The minimum atomic E-state index is -0.499. The highest BCUT2D eigenvalue weighted by Crippen LogP contribution is 2.30. The van der Waals surface area contributed by atoms with Crippen LogP contribution < -0.4 is 10.1 Å². The van der Waals surface area contributed by atoms with Gasteiger partial charge in [-0.3, -0.25) is 4.79 Å². The zero-order valence-electron chi connectivity index (χ0n) is 18.1. The third kappa shape index (κ3) is 5.31. The predicted octanol–water partition coefficient (Wildman–Crippen LogP) is 4.85. The molecule has 2 aromatic carbocycles. The maximum atomic E-state index is 12.4. The van der Waals surface area contributed by atoms with Crippen LogP contribution in [0.4, 0.5) is 5.69 Å². The van der Waals surface area contributed by atoms with Crippen LogP contribution in [0.25, 0.3) is 16.9 Å². The molecule has 0 spiro atoms. The Morgan fingerprint density at radius 3 is 2.61 bits per heavy atom. The van der Waals surface area contributed by atoms with E-state index in [0.717, 1.165) is 18.4 Å². The number of amides is 1. The molecule has 0 saturated heterocycles. The molecule has 3 aromatic rings. The number of aromatic nitrogens is 2. The van der Waals surface area contributed by atoms with Crippen molar-refractivity contribution < 1.29 is 19.1 Å². The number of nitrogens with zero attached hydrogens (tertiary/aromatic N) is 2. The van der Waals surface area contributed by atoms with E-state index in [0.29, 0.717) is 29.2 Å². The van der Waals surface area contributed by atoms with Crippen molar-refractivity contribution in [1.82, 2.24) is 9.78 Å². The summed E-state index contributed by atoms with van der Waals surface area (Å²) >= 11 is 0. The van der Waals surface area contributed by atoms with Crippen molar-refractivity contribution >= 4 is 17.6 Å². The predicted molar refractivity (Wildman–Crippen MR) is 120 cm³/mol. The van der Waals surface area contributed by atoms with Crippen LogP contribution in [-0.4, -0.2) is 35.4 Å². The lowest BCUT2D eigenvalue weighted by atomic mass is 10.1. The monoisotopic (exact) mass is 421 g/mol. The van der Waals surface area contributed by atoms with Gasteiger partial charge in [0.2, 0.25) is 5.91 Å². The Bertz CT molecular complexity index is 1060. The first-order chi connectivity index (χ1) is 15.1. The molecule has 0 aliphatic carbocycles. The number of esters is 1. The highest BCUT2D eigenvalue weighted by molar-refractivity contribution is 5.92. The Hall–Kier alpha value is -3.61. The second kappa shape index (κ2) is 10.4. The van der Waals surface area contributed by atoms with E-state index in [2.05, 4.69) is 10.4 Å². The fourth-order valence-corrected chi connectivity index (χ4v) is 3.20. The van der Waals surface area contributed by atoms with Gasteiger partial charge in [0.25, 0.3) is 0 Å². The van der Waals surface area contributed by atoms with Gasteiger partial charge in [-0.2, -0.15) is 5.10 Å². The summed E-state index contributed by atoms with van der Waals surface area (Å²) < 4.78 is 12.3. The first-order valence-electron chi connectivity index (χ1n) is 10.4. The van der Waals surface area contributed by atoms with E-state index >= 15 is 0 Å². The van der Waals surface area contributed by atoms with Crippen LogP contribution >= 0.6 is 0 Å². The van der Waals surface area contributed by atoms with Gasteiger partial charge in [-0.15, -0.1) is 0 Å². The van der Waals surface area contributed by atoms with E-state index in [9.17, 15) is 9.59 Å². The Balaban J connectivity index is 2.04.